The lowest BCUT2D eigenvalue weighted by atomic mass is 9.77. The second-order valence-corrected chi connectivity index (χ2v) is 10.5. The molecule has 3 heterocycles. The van der Waals surface area contributed by atoms with Crippen LogP contribution in [0.4, 0.5) is 19.1 Å². The van der Waals surface area contributed by atoms with Gasteiger partial charge in [0.2, 0.25) is 5.95 Å². The summed E-state index contributed by atoms with van der Waals surface area (Å²) in [5.41, 5.74) is 1.08. The van der Waals surface area contributed by atoms with E-state index in [0.29, 0.717) is 54.9 Å². The molecule has 37 heavy (non-hydrogen) atoms. The highest BCUT2D eigenvalue weighted by Gasteiger charge is 2.35. The van der Waals surface area contributed by atoms with Gasteiger partial charge in [0.25, 0.3) is 10.0 Å². The van der Waals surface area contributed by atoms with Crippen molar-refractivity contribution < 1.29 is 31.1 Å². The SMILES string of the molecule is C=C(/C(=C\C(=C/C)C(F)(F)F)C1CCOCC1)[C@@H]1CCOc2cc(S(=O)(=O)Nc3ncccn3)ccc21. The molecule has 1 N–H and O–H groups in total. The van der Waals surface area contributed by atoms with Gasteiger partial charge >= 0.3 is 6.18 Å². The molecule has 0 amide bonds. The minimum Gasteiger partial charge on any atom is -0.493 e. The maximum absolute atomic E-state index is 13.6. The van der Waals surface area contributed by atoms with E-state index in [4.69, 9.17) is 9.47 Å². The molecule has 4 rings (SSSR count). The number of nitrogens with one attached hydrogen (secondary N) is 1. The molecule has 1 saturated heterocycles. The minimum atomic E-state index is -4.49. The number of anilines is 1. The summed E-state index contributed by atoms with van der Waals surface area (Å²) in [4.78, 5) is 7.72. The Morgan fingerprint density at radius 3 is 2.49 bits per heavy atom. The Morgan fingerprint density at radius 2 is 1.84 bits per heavy atom. The van der Waals surface area contributed by atoms with E-state index in [1.807, 2.05) is 0 Å². The predicted molar refractivity (Wildman–Crippen MR) is 133 cm³/mol. The Hall–Kier alpha value is -3.18. The van der Waals surface area contributed by atoms with E-state index < -0.39 is 21.8 Å². The molecule has 7 nitrogen and oxygen atoms in total. The third-order valence-corrected chi connectivity index (χ3v) is 7.85. The molecule has 1 aromatic carbocycles. The van der Waals surface area contributed by atoms with Crippen molar-refractivity contribution in [2.75, 3.05) is 24.5 Å². The van der Waals surface area contributed by atoms with E-state index in [1.165, 1.54) is 37.5 Å². The van der Waals surface area contributed by atoms with Crippen LogP contribution >= 0.6 is 0 Å². The Balaban J connectivity index is 1.67. The lowest BCUT2D eigenvalue weighted by Gasteiger charge is -2.33. The molecule has 1 atom stereocenters. The minimum absolute atomic E-state index is 0.0431. The predicted octanol–water partition coefficient (Wildman–Crippen LogP) is 5.56. The quantitative estimate of drug-likeness (QED) is 0.467. The first-order valence-corrected chi connectivity index (χ1v) is 13.4. The molecule has 11 heteroatoms. The number of hydrogen-bond donors (Lipinski definition) is 1. The maximum atomic E-state index is 13.6. The molecule has 0 spiro atoms. The zero-order chi connectivity index (χ0) is 26.6. The summed E-state index contributed by atoms with van der Waals surface area (Å²) in [7, 11) is -3.99. The van der Waals surface area contributed by atoms with Crippen LogP contribution in [-0.2, 0) is 14.8 Å². The number of hydrogen-bond acceptors (Lipinski definition) is 6. The molecule has 2 aliphatic rings. The normalized spacial score (nSPS) is 19.6. The smallest absolute Gasteiger partial charge is 0.416 e. The molecule has 0 bridgehead atoms. The number of rotatable bonds is 7. The average Bonchev–Trinajstić information content (AvgIpc) is 2.88. The van der Waals surface area contributed by atoms with Gasteiger partial charge in [-0.05, 0) is 61.5 Å². The molecule has 2 aliphatic heterocycles. The van der Waals surface area contributed by atoms with Crippen LogP contribution in [0.15, 0.2) is 77.0 Å². The second kappa shape index (κ2) is 11.1. The van der Waals surface area contributed by atoms with E-state index in [9.17, 15) is 21.6 Å². The van der Waals surface area contributed by atoms with Gasteiger partial charge in [0.15, 0.2) is 0 Å². The summed E-state index contributed by atoms with van der Waals surface area (Å²) >= 11 is 0. The van der Waals surface area contributed by atoms with Gasteiger partial charge in [-0.25, -0.2) is 23.1 Å². The maximum Gasteiger partial charge on any atom is 0.416 e. The highest BCUT2D eigenvalue weighted by Crippen LogP contribution is 2.44. The van der Waals surface area contributed by atoms with Crippen LogP contribution in [0.1, 0.15) is 37.7 Å². The first-order chi connectivity index (χ1) is 17.6. The number of alkyl halides is 3. The summed E-state index contributed by atoms with van der Waals surface area (Å²) < 4.78 is 80.2. The summed E-state index contributed by atoms with van der Waals surface area (Å²) in [6, 6.07) is 6.04. The molecule has 2 aromatic rings. The molecule has 1 fully saturated rings. The summed E-state index contributed by atoms with van der Waals surface area (Å²) in [6.07, 6.45) is 2.31. The Kier molecular flexibility index (Phi) is 8.03. The largest absolute Gasteiger partial charge is 0.493 e. The highest BCUT2D eigenvalue weighted by atomic mass is 32.2. The van der Waals surface area contributed by atoms with Crippen molar-refractivity contribution in [3.63, 3.8) is 0 Å². The molecule has 198 valence electrons. The van der Waals surface area contributed by atoms with Crippen molar-refractivity contribution in [1.29, 1.82) is 0 Å². The molecular weight excluding hydrogens is 507 g/mol. The van der Waals surface area contributed by atoms with Gasteiger partial charge in [-0.1, -0.05) is 18.7 Å². The number of allylic oxidation sites excluding steroid dienone is 5. The van der Waals surface area contributed by atoms with Gasteiger partial charge in [0.05, 0.1) is 17.1 Å². The molecular formula is C26H28F3N3O4S. The van der Waals surface area contributed by atoms with E-state index >= 15 is 0 Å². The van der Waals surface area contributed by atoms with Gasteiger partial charge in [0.1, 0.15) is 5.75 Å². The lowest BCUT2D eigenvalue weighted by Crippen LogP contribution is -2.23. The molecule has 1 aromatic heterocycles. The first-order valence-electron chi connectivity index (χ1n) is 11.9. The Bertz CT molecular complexity index is 1300. The molecule has 0 saturated carbocycles. The number of halogens is 3. The number of aromatic nitrogens is 2. The van der Waals surface area contributed by atoms with Crippen LogP contribution in [0.3, 0.4) is 0 Å². The zero-order valence-electron chi connectivity index (χ0n) is 20.3. The summed E-state index contributed by atoms with van der Waals surface area (Å²) in [5.74, 6) is -0.170. The van der Waals surface area contributed by atoms with E-state index in [0.717, 1.165) is 6.08 Å². The lowest BCUT2D eigenvalue weighted by molar-refractivity contribution is -0.0884. The molecule has 0 unspecified atom stereocenters. The van der Waals surface area contributed by atoms with E-state index in [2.05, 4.69) is 21.3 Å². The topological polar surface area (TPSA) is 90.4 Å². The van der Waals surface area contributed by atoms with Crippen LogP contribution in [-0.4, -0.2) is 44.4 Å². The summed E-state index contributed by atoms with van der Waals surface area (Å²) in [5, 5.41) is 0. The molecule has 0 radical (unpaired) electrons. The van der Waals surface area contributed by atoms with Gasteiger partial charge < -0.3 is 9.47 Å². The first kappa shape index (κ1) is 26.9. The Labute approximate surface area is 214 Å². The van der Waals surface area contributed by atoms with Crippen molar-refractivity contribution in [3.05, 3.63) is 77.7 Å². The van der Waals surface area contributed by atoms with E-state index in [-0.39, 0.29) is 29.3 Å². The fourth-order valence-electron chi connectivity index (χ4n) is 4.61. The number of sulfonamides is 1. The van der Waals surface area contributed by atoms with Gasteiger partial charge in [0, 0.05) is 43.2 Å². The monoisotopic (exact) mass is 535 g/mol. The zero-order valence-corrected chi connectivity index (χ0v) is 21.1. The number of fused-ring (bicyclic) bond motifs is 1. The van der Waals surface area contributed by atoms with Crippen LogP contribution in [0.25, 0.3) is 0 Å². The highest BCUT2D eigenvalue weighted by molar-refractivity contribution is 7.92. The van der Waals surface area contributed by atoms with Crippen LogP contribution in [0.2, 0.25) is 0 Å². The van der Waals surface area contributed by atoms with Crippen LogP contribution in [0, 0.1) is 5.92 Å². The summed E-state index contributed by atoms with van der Waals surface area (Å²) in [6.45, 7) is 6.81. The van der Waals surface area contributed by atoms with Gasteiger partial charge in [-0.3, -0.25) is 0 Å². The van der Waals surface area contributed by atoms with Crippen molar-refractivity contribution in [1.82, 2.24) is 9.97 Å². The van der Waals surface area contributed by atoms with Gasteiger partial charge in [-0.15, -0.1) is 0 Å². The van der Waals surface area contributed by atoms with Crippen molar-refractivity contribution in [2.45, 2.75) is 43.2 Å². The van der Waals surface area contributed by atoms with Crippen molar-refractivity contribution >= 4 is 16.0 Å². The fraction of sp³-hybridized carbons (Fsp3) is 0.385. The average molecular weight is 536 g/mol. The van der Waals surface area contributed by atoms with Crippen molar-refractivity contribution in [3.8, 4) is 5.75 Å². The van der Waals surface area contributed by atoms with Crippen LogP contribution < -0.4 is 9.46 Å². The van der Waals surface area contributed by atoms with Gasteiger partial charge in [-0.2, -0.15) is 13.2 Å². The molecule has 0 aliphatic carbocycles. The van der Waals surface area contributed by atoms with Crippen LogP contribution in [0.5, 0.6) is 5.75 Å². The number of ether oxygens (including phenoxy) is 2. The third-order valence-electron chi connectivity index (χ3n) is 6.53. The standard InChI is InChI=1S/C26H28F3N3O4S/c1-3-19(26(27,28)29)15-23(18-7-12-35-13-8-18)17(2)21-9-14-36-24-16-20(5-6-22(21)24)37(33,34)32-25-30-10-4-11-31-25/h3-6,10-11,15-16,18,21H,2,7-9,12-14H2,1H3,(H,30,31,32)/b19-3+,23-15+/t21-/m0/s1. The number of benzene rings is 1. The van der Waals surface area contributed by atoms with E-state index in [1.54, 1.807) is 12.1 Å². The fourth-order valence-corrected chi connectivity index (χ4v) is 5.58. The second-order valence-electron chi connectivity index (χ2n) is 8.82. The van der Waals surface area contributed by atoms with Crippen molar-refractivity contribution in [2.24, 2.45) is 5.92 Å². The number of nitrogens with zero attached hydrogens (tertiary/aromatic N) is 2. The third kappa shape index (κ3) is 6.22. The Morgan fingerprint density at radius 1 is 1.14 bits per heavy atom.